The number of epoxide rings is 1. The number of hydrogen-bond donors (Lipinski definition) is 6. The van der Waals surface area contributed by atoms with E-state index >= 15 is 0 Å². The highest BCUT2D eigenvalue weighted by molar-refractivity contribution is 6.30. The molecule has 1 amide bonds. The number of alkyl halides is 3. The van der Waals surface area contributed by atoms with Crippen molar-refractivity contribution in [3.63, 3.8) is 0 Å². The Balaban J connectivity index is 0.805. The van der Waals surface area contributed by atoms with E-state index in [1.165, 1.54) is 32.1 Å². The van der Waals surface area contributed by atoms with E-state index < -0.39 is 41.2 Å². The number of anilines is 5. The fraction of sp³-hybridized carbons (Fsp3) is 0.545. The van der Waals surface area contributed by atoms with Crippen LogP contribution >= 0.6 is 11.6 Å². The first-order valence-electron chi connectivity index (χ1n) is 21.8. The standard InChI is InChI=1S/C44H49ClF3N9O5/c45-28-9-7-27(8-10-28)43(14-15-43)57-41-54-40(55-42(56-41)61-21-44(46,47)48)50-29-11-5-24(6-12-29)38(60)52-30(37-39(62-37)53-32-20-23-2-4-26(32)18-23)13-16-49-33-34(36(59)35(33)58)51-31-19-22-1-3-25(31)17-22/h5-12,22-23,25-26,30-32,37,39,49,51,53H,1-4,13-21H2,(H,52,60)(H2,50,54,55,56,57)/t22-,23-,25+,26+,30-,31+,32+,37?,39?/m0/s1. The summed E-state index contributed by atoms with van der Waals surface area (Å²) in [6.07, 6.45) is 6.27. The van der Waals surface area contributed by atoms with E-state index in [4.69, 9.17) is 21.1 Å². The number of halogens is 4. The number of nitrogens with one attached hydrogen (secondary N) is 6. The van der Waals surface area contributed by atoms with Crippen LogP contribution in [0.5, 0.6) is 6.01 Å². The first-order valence-corrected chi connectivity index (χ1v) is 22.2. The van der Waals surface area contributed by atoms with Gasteiger partial charge in [-0.1, -0.05) is 36.6 Å². The van der Waals surface area contributed by atoms with E-state index in [0.29, 0.717) is 64.4 Å². The van der Waals surface area contributed by atoms with Gasteiger partial charge in [0.2, 0.25) is 11.9 Å². The topological polar surface area (TPSA) is 184 Å². The Morgan fingerprint density at radius 2 is 1.53 bits per heavy atom. The molecule has 62 heavy (non-hydrogen) atoms. The van der Waals surface area contributed by atoms with Crippen molar-refractivity contribution in [3.8, 4) is 6.01 Å². The fourth-order valence-corrected chi connectivity index (χ4v) is 10.7. The number of rotatable bonds is 18. The minimum atomic E-state index is -4.61. The molecule has 1 aliphatic heterocycles. The van der Waals surface area contributed by atoms with E-state index in [2.05, 4.69) is 46.9 Å². The molecule has 9 atom stereocenters. The van der Waals surface area contributed by atoms with Crippen LogP contribution in [0.2, 0.25) is 5.02 Å². The van der Waals surface area contributed by atoms with Crippen molar-refractivity contribution in [2.24, 2.45) is 23.7 Å². The quantitative estimate of drug-likeness (QED) is 0.0464. The maximum atomic E-state index is 13.8. The highest BCUT2D eigenvalue weighted by Crippen LogP contribution is 2.49. The number of aromatic nitrogens is 3. The second kappa shape index (κ2) is 16.3. The van der Waals surface area contributed by atoms with Gasteiger partial charge >= 0.3 is 12.2 Å². The van der Waals surface area contributed by atoms with E-state index in [0.717, 1.165) is 43.6 Å². The molecule has 5 aliphatic carbocycles. The van der Waals surface area contributed by atoms with Crippen molar-refractivity contribution in [3.05, 3.63) is 85.1 Å². The summed E-state index contributed by atoms with van der Waals surface area (Å²) in [7, 11) is 0. The third kappa shape index (κ3) is 8.80. The van der Waals surface area contributed by atoms with Crippen molar-refractivity contribution in [2.45, 2.75) is 113 Å². The van der Waals surface area contributed by atoms with Crippen molar-refractivity contribution < 1.29 is 27.4 Å². The van der Waals surface area contributed by atoms with Gasteiger partial charge < -0.3 is 36.1 Å². The molecule has 4 aromatic rings. The SMILES string of the molecule is O=C(N[C@@H](CCNc1c(N[C@@H]2C[C@H]3CC[C@@H]2C3)c(=O)c1=O)C1OC1N[C@@H]1C[C@H]2CC[C@@H]1C2)c1ccc(Nc2nc(NC3(c4ccc(Cl)cc4)CC3)nc(OCC(F)(F)F)n2)cc1. The van der Waals surface area contributed by atoms with Gasteiger partial charge in [-0.2, -0.15) is 28.1 Å². The van der Waals surface area contributed by atoms with Gasteiger partial charge in [-0.3, -0.25) is 19.7 Å². The van der Waals surface area contributed by atoms with Crippen LogP contribution < -0.4 is 47.5 Å². The third-order valence-corrected chi connectivity index (χ3v) is 14.2. The predicted molar refractivity (Wildman–Crippen MR) is 227 cm³/mol. The summed E-state index contributed by atoms with van der Waals surface area (Å²) in [5.41, 5.74) is 0.904. The van der Waals surface area contributed by atoms with Crippen molar-refractivity contribution in [1.82, 2.24) is 25.6 Å². The number of benzene rings is 2. The number of carbonyl (C=O) groups is 1. The highest BCUT2D eigenvalue weighted by Gasteiger charge is 2.50. The molecule has 2 heterocycles. The Labute approximate surface area is 360 Å². The van der Waals surface area contributed by atoms with Crippen LogP contribution in [0.1, 0.15) is 86.6 Å². The Hall–Kier alpha value is -5.00. The van der Waals surface area contributed by atoms with Gasteiger partial charge in [0.15, 0.2) is 6.61 Å². The van der Waals surface area contributed by atoms with Crippen molar-refractivity contribution in [1.29, 1.82) is 0 Å². The van der Waals surface area contributed by atoms with Crippen LogP contribution in [-0.4, -0.2) is 70.6 Å². The molecule has 18 heteroatoms. The maximum Gasteiger partial charge on any atom is 0.422 e. The molecule has 6 N–H and O–H groups in total. The molecule has 3 aromatic carbocycles. The van der Waals surface area contributed by atoms with E-state index in [9.17, 15) is 27.6 Å². The smallest absolute Gasteiger partial charge is 0.422 e. The summed E-state index contributed by atoms with van der Waals surface area (Å²) in [5, 5.41) is 20.3. The first kappa shape index (κ1) is 41.0. The molecular formula is C44H49ClF3N9O5. The monoisotopic (exact) mass is 875 g/mol. The maximum absolute atomic E-state index is 13.8. The molecule has 14 nitrogen and oxygen atoms in total. The lowest BCUT2D eigenvalue weighted by atomic mass is 9.94. The van der Waals surface area contributed by atoms with Crippen LogP contribution in [0.15, 0.2) is 58.1 Å². The minimum Gasteiger partial charge on any atom is -0.454 e. The zero-order valence-corrected chi connectivity index (χ0v) is 34.7. The third-order valence-electron chi connectivity index (χ3n) is 14.0. The van der Waals surface area contributed by atoms with Crippen molar-refractivity contribution in [2.75, 3.05) is 34.4 Å². The zero-order chi connectivity index (χ0) is 42.8. The van der Waals surface area contributed by atoms with Gasteiger partial charge in [-0.05, 0) is 123 Å². The summed E-state index contributed by atoms with van der Waals surface area (Å²) in [5.74, 6) is 2.25. The molecule has 2 unspecified atom stereocenters. The molecule has 4 bridgehead atoms. The van der Waals surface area contributed by atoms with Crippen LogP contribution in [0.25, 0.3) is 0 Å². The molecule has 6 aliphatic rings. The van der Waals surface area contributed by atoms with Gasteiger partial charge in [0.1, 0.15) is 23.7 Å². The van der Waals surface area contributed by atoms with Gasteiger partial charge in [-0.25, -0.2) is 0 Å². The second-order valence-electron chi connectivity index (χ2n) is 18.2. The highest BCUT2D eigenvalue weighted by atomic mass is 35.5. The summed E-state index contributed by atoms with van der Waals surface area (Å²) in [6, 6.07) is 13.5. The summed E-state index contributed by atoms with van der Waals surface area (Å²) in [6.45, 7) is -1.25. The van der Waals surface area contributed by atoms with Crippen LogP contribution in [0.4, 0.5) is 42.1 Å². The van der Waals surface area contributed by atoms with E-state index in [-0.39, 0.29) is 36.2 Å². The molecule has 0 radical (unpaired) electrons. The summed E-state index contributed by atoms with van der Waals surface area (Å²) >= 11 is 6.09. The lowest BCUT2D eigenvalue weighted by molar-refractivity contribution is -0.154. The molecule has 6 fully saturated rings. The largest absolute Gasteiger partial charge is 0.454 e. The molecule has 10 rings (SSSR count). The molecule has 1 saturated heterocycles. The lowest BCUT2D eigenvalue weighted by Crippen LogP contribution is -2.45. The molecule has 328 valence electrons. The Morgan fingerprint density at radius 1 is 0.855 bits per heavy atom. The number of ether oxygens (including phenoxy) is 2. The Bertz CT molecular complexity index is 2380. The van der Waals surface area contributed by atoms with Gasteiger partial charge in [0, 0.05) is 34.9 Å². The van der Waals surface area contributed by atoms with Crippen LogP contribution in [0.3, 0.4) is 0 Å². The average Bonchev–Trinajstić information content (AvgIpc) is 3.90. The fourth-order valence-electron chi connectivity index (χ4n) is 10.6. The lowest BCUT2D eigenvalue weighted by Gasteiger charge is -2.26. The summed E-state index contributed by atoms with van der Waals surface area (Å²) in [4.78, 5) is 51.7. The van der Waals surface area contributed by atoms with Crippen LogP contribution in [-0.2, 0) is 10.3 Å². The number of amides is 1. The number of carbonyl (C=O) groups excluding carboxylic acids is 1. The van der Waals surface area contributed by atoms with Crippen molar-refractivity contribution >= 4 is 46.5 Å². The zero-order valence-electron chi connectivity index (χ0n) is 33.9. The Kier molecular flexibility index (Phi) is 10.8. The molecule has 5 saturated carbocycles. The molecular weight excluding hydrogens is 827 g/mol. The second-order valence-corrected chi connectivity index (χ2v) is 18.6. The van der Waals surface area contributed by atoms with E-state index in [1.54, 1.807) is 36.4 Å². The van der Waals surface area contributed by atoms with Gasteiger partial charge in [0.05, 0.1) is 11.6 Å². The average molecular weight is 876 g/mol. The Morgan fingerprint density at radius 3 is 2.18 bits per heavy atom. The van der Waals surface area contributed by atoms with E-state index in [1.807, 2.05) is 12.1 Å². The molecule has 0 spiro atoms. The first-order chi connectivity index (χ1) is 29.8. The van der Waals surface area contributed by atoms with Gasteiger partial charge in [0.25, 0.3) is 16.8 Å². The van der Waals surface area contributed by atoms with Crippen LogP contribution in [0, 0.1) is 23.7 Å². The number of hydrogen-bond acceptors (Lipinski definition) is 13. The minimum absolute atomic E-state index is 0.0249. The molecule has 1 aromatic heterocycles. The van der Waals surface area contributed by atoms with Gasteiger partial charge in [-0.15, -0.1) is 0 Å². The number of nitrogens with zero attached hydrogens (tertiary/aromatic N) is 3. The normalized spacial score (nSPS) is 28.1. The predicted octanol–water partition coefficient (Wildman–Crippen LogP) is 6.61. The summed E-state index contributed by atoms with van der Waals surface area (Å²) < 4.78 is 50.4. The number of fused-ring (bicyclic) bond motifs is 4.